The third-order valence-corrected chi connectivity index (χ3v) is 3.58. The van der Waals surface area contributed by atoms with Gasteiger partial charge in [0.05, 0.1) is 0 Å². The average Bonchev–Trinajstić information content (AvgIpc) is 2.93. The second kappa shape index (κ2) is 3.29. The van der Waals surface area contributed by atoms with Crippen molar-refractivity contribution in [3.8, 4) is 11.5 Å². The summed E-state index contributed by atoms with van der Waals surface area (Å²) in [6.07, 6.45) is 1.81. The van der Waals surface area contributed by atoms with Crippen LogP contribution in [-0.4, -0.2) is 16.3 Å². The largest absolute Gasteiger partial charge is 0.504 e. The Hall–Kier alpha value is -0.930. The Kier molecular flexibility index (Phi) is 2.32. The van der Waals surface area contributed by atoms with Crippen LogP contribution in [0.5, 0.6) is 11.5 Å². The number of halogens is 1. The second-order valence-electron chi connectivity index (χ2n) is 4.23. The highest BCUT2D eigenvalue weighted by atomic mass is 35.5. The van der Waals surface area contributed by atoms with Crippen LogP contribution in [0, 0.1) is 0 Å². The van der Waals surface area contributed by atoms with Crippen LogP contribution in [0.25, 0.3) is 0 Å². The summed E-state index contributed by atoms with van der Waals surface area (Å²) in [7, 11) is 0. The lowest BCUT2D eigenvalue weighted by atomic mass is 9.88. The number of nitrogens with two attached hydrogens (primary N) is 1. The van der Waals surface area contributed by atoms with Gasteiger partial charge in [-0.25, -0.2) is 0 Å². The molecule has 1 aliphatic rings. The van der Waals surface area contributed by atoms with Gasteiger partial charge in [-0.1, -0.05) is 11.6 Å². The van der Waals surface area contributed by atoms with Crippen molar-refractivity contribution in [3.63, 3.8) is 0 Å². The van der Waals surface area contributed by atoms with Crippen LogP contribution in [-0.2, 0) is 5.41 Å². The van der Waals surface area contributed by atoms with E-state index in [0.717, 1.165) is 12.8 Å². The van der Waals surface area contributed by atoms with Gasteiger partial charge in [-0.05, 0) is 31.9 Å². The van der Waals surface area contributed by atoms with Crippen molar-refractivity contribution in [2.24, 2.45) is 5.73 Å². The van der Waals surface area contributed by atoms with Gasteiger partial charge in [0.25, 0.3) is 0 Å². The predicted octanol–water partition coefficient (Wildman–Crippen LogP) is 2.13. The van der Waals surface area contributed by atoms with Gasteiger partial charge in [-0.2, -0.15) is 0 Å². The Balaban J connectivity index is 2.57. The van der Waals surface area contributed by atoms with Gasteiger partial charge < -0.3 is 15.9 Å². The summed E-state index contributed by atoms with van der Waals surface area (Å²) in [5.74, 6) is -0.265. The third kappa shape index (κ3) is 1.46. The molecule has 82 valence electrons. The van der Waals surface area contributed by atoms with Crippen LogP contribution >= 0.6 is 11.6 Å². The topological polar surface area (TPSA) is 66.5 Å². The molecule has 0 spiro atoms. The van der Waals surface area contributed by atoms with Crippen molar-refractivity contribution in [3.05, 3.63) is 22.7 Å². The minimum absolute atomic E-state index is 0.0808. The second-order valence-corrected chi connectivity index (χ2v) is 4.64. The fraction of sp³-hybridized carbons (Fsp3) is 0.455. The van der Waals surface area contributed by atoms with E-state index in [4.69, 9.17) is 17.3 Å². The van der Waals surface area contributed by atoms with E-state index in [2.05, 4.69) is 0 Å². The predicted molar refractivity (Wildman–Crippen MR) is 59.3 cm³/mol. The van der Waals surface area contributed by atoms with Crippen molar-refractivity contribution in [2.45, 2.75) is 31.2 Å². The first-order valence-electron chi connectivity index (χ1n) is 4.95. The summed E-state index contributed by atoms with van der Waals surface area (Å²) in [5.41, 5.74) is 6.25. The molecule has 0 saturated heterocycles. The zero-order valence-corrected chi connectivity index (χ0v) is 9.25. The average molecular weight is 228 g/mol. The summed E-state index contributed by atoms with van der Waals surface area (Å²) < 4.78 is 0. The molecule has 15 heavy (non-hydrogen) atoms. The van der Waals surface area contributed by atoms with Gasteiger partial charge >= 0.3 is 0 Å². The van der Waals surface area contributed by atoms with Crippen LogP contribution in [0.3, 0.4) is 0 Å². The highest BCUT2D eigenvalue weighted by Crippen LogP contribution is 2.56. The van der Waals surface area contributed by atoms with Crippen LogP contribution < -0.4 is 5.73 Å². The van der Waals surface area contributed by atoms with Crippen LogP contribution in [0.15, 0.2) is 12.1 Å². The van der Waals surface area contributed by atoms with Crippen LogP contribution in [0.2, 0.25) is 5.02 Å². The smallest absolute Gasteiger partial charge is 0.162 e. The van der Waals surface area contributed by atoms with Gasteiger partial charge in [-0.15, -0.1) is 0 Å². The van der Waals surface area contributed by atoms with Crippen molar-refractivity contribution >= 4 is 11.6 Å². The van der Waals surface area contributed by atoms with Crippen LogP contribution in [0.4, 0.5) is 0 Å². The van der Waals surface area contributed by atoms with Crippen molar-refractivity contribution in [1.82, 2.24) is 0 Å². The number of phenolic OH excluding ortho intramolecular Hbond substituents is 2. The molecule has 4 N–H and O–H groups in total. The molecule has 0 amide bonds. The fourth-order valence-corrected chi connectivity index (χ4v) is 2.44. The summed E-state index contributed by atoms with van der Waals surface area (Å²) >= 11 is 6.04. The van der Waals surface area contributed by atoms with E-state index in [1.165, 1.54) is 6.07 Å². The standard InChI is InChI=1S/C11H14ClNO2/c1-6(13)11(4-5-11)9-7(12)2-3-8(14)10(9)15/h2-3,6,14-15H,4-5,13H2,1H3. The highest BCUT2D eigenvalue weighted by Gasteiger charge is 2.50. The molecule has 0 aromatic heterocycles. The molecule has 1 fully saturated rings. The minimum Gasteiger partial charge on any atom is -0.504 e. The normalized spacial score (nSPS) is 19.9. The first-order chi connectivity index (χ1) is 6.99. The molecular formula is C11H14ClNO2. The SMILES string of the molecule is CC(N)C1(c2c(Cl)ccc(O)c2O)CC1. The molecule has 0 radical (unpaired) electrons. The van der Waals surface area contributed by atoms with Crippen molar-refractivity contribution < 1.29 is 10.2 Å². The van der Waals surface area contributed by atoms with Crippen molar-refractivity contribution in [2.75, 3.05) is 0 Å². The monoisotopic (exact) mass is 227 g/mol. The Labute approximate surface area is 93.5 Å². The lowest BCUT2D eigenvalue weighted by Crippen LogP contribution is -2.31. The molecule has 1 aromatic rings. The van der Waals surface area contributed by atoms with Gasteiger partial charge in [-0.3, -0.25) is 0 Å². The van der Waals surface area contributed by atoms with Gasteiger partial charge in [0.2, 0.25) is 0 Å². The summed E-state index contributed by atoms with van der Waals surface area (Å²) in [6.45, 7) is 1.90. The van der Waals surface area contributed by atoms with E-state index in [1.54, 1.807) is 6.07 Å². The molecule has 1 saturated carbocycles. The van der Waals surface area contributed by atoms with E-state index in [-0.39, 0.29) is 23.0 Å². The zero-order chi connectivity index (χ0) is 11.2. The lowest BCUT2D eigenvalue weighted by molar-refractivity contribution is 0.390. The fourth-order valence-electron chi connectivity index (χ4n) is 2.10. The first-order valence-corrected chi connectivity index (χ1v) is 5.33. The molecule has 3 nitrogen and oxygen atoms in total. The molecule has 4 heteroatoms. The number of hydrogen-bond donors (Lipinski definition) is 3. The molecule has 1 unspecified atom stereocenters. The van der Waals surface area contributed by atoms with E-state index >= 15 is 0 Å². The molecule has 0 heterocycles. The van der Waals surface area contributed by atoms with E-state index in [9.17, 15) is 10.2 Å². The Morgan fingerprint density at radius 3 is 2.47 bits per heavy atom. The summed E-state index contributed by atoms with van der Waals surface area (Å²) in [6, 6.07) is 2.90. The summed E-state index contributed by atoms with van der Waals surface area (Å²) in [5, 5.41) is 19.7. The molecule has 1 aromatic carbocycles. The van der Waals surface area contributed by atoms with E-state index < -0.39 is 0 Å². The summed E-state index contributed by atoms with van der Waals surface area (Å²) in [4.78, 5) is 0. The number of aromatic hydroxyl groups is 2. The number of rotatable bonds is 2. The molecule has 1 atom stereocenters. The maximum atomic E-state index is 9.81. The number of hydrogen-bond acceptors (Lipinski definition) is 3. The molecule has 0 bridgehead atoms. The number of phenols is 2. The minimum atomic E-state index is -0.250. The zero-order valence-electron chi connectivity index (χ0n) is 8.50. The van der Waals surface area contributed by atoms with Gasteiger partial charge in [0.1, 0.15) is 0 Å². The molecule has 1 aliphatic carbocycles. The van der Waals surface area contributed by atoms with Crippen molar-refractivity contribution in [1.29, 1.82) is 0 Å². The van der Waals surface area contributed by atoms with Gasteiger partial charge in [0, 0.05) is 22.0 Å². The molecule has 2 rings (SSSR count). The maximum Gasteiger partial charge on any atom is 0.162 e. The van der Waals surface area contributed by atoms with Crippen LogP contribution in [0.1, 0.15) is 25.3 Å². The lowest BCUT2D eigenvalue weighted by Gasteiger charge is -2.22. The van der Waals surface area contributed by atoms with Gasteiger partial charge in [0.15, 0.2) is 11.5 Å². The molecular weight excluding hydrogens is 214 g/mol. The Morgan fingerprint density at radius 2 is 2.00 bits per heavy atom. The quantitative estimate of drug-likeness (QED) is 0.678. The number of benzene rings is 1. The third-order valence-electron chi connectivity index (χ3n) is 3.26. The highest BCUT2D eigenvalue weighted by molar-refractivity contribution is 6.31. The molecule has 0 aliphatic heterocycles. The first kappa shape index (κ1) is 10.6. The maximum absolute atomic E-state index is 9.81. The Morgan fingerprint density at radius 1 is 1.40 bits per heavy atom. The van der Waals surface area contributed by atoms with E-state index in [0.29, 0.717) is 10.6 Å². The Bertz CT molecular complexity index is 400. The van der Waals surface area contributed by atoms with E-state index in [1.807, 2.05) is 6.92 Å².